The highest BCUT2D eigenvalue weighted by molar-refractivity contribution is 5.74. The van der Waals surface area contributed by atoms with E-state index < -0.39 is 6.10 Å². The van der Waals surface area contributed by atoms with E-state index in [-0.39, 0.29) is 25.0 Å². The van der Waals surface area contributed by atoms with Gasteiger partial charge in [-0.3, -0.25) is 4.79 Å². The maximum Gasteiger partial charge on any atom is 0.218 e. The molecular weight excluding hydrogens is 224 g/mol. The van der Waals surface area contributed by atoms with E-state index in [1.807, 2.05) is 13.8 Å². The molecule has 0 aliphatic rings. The molecule has 1 amide bonds. The first-order chi connectivity index (χ1) is 8.06. The number of carbonyl (C=O) groups excluding carboxylic acids is 1. The molecule has 2 unspecified atom stereocenters. The van der Waals surface area contributed by atoms with Crippen LogP contribution in [0, 0.1) is 0 Å². The largest absolute Gasteiger partial charge is 0.389 e. The first kappa shape index (κ1) is 16.3. The van der Waals surface area contributed by atoms with Crippen LogP contribution in [-0.2, 0) is 14.3 Å². The van der Waals surface area contributed by atoms with Crippen LogP contribution in [-0.4, -0.2) is 56.1 Å². The van der Waals surface area contributed by atoms with Crippen molar-refractivity contribution in [1.29, 1.82) is 0 Å². The Kier molecular flexibility index (Phi) is 10.0. The van der Waals surface area contributed by atoms with Crippen LogP contribution in [0.15, 0.2) is 0 Å². The lowest BCUT2D eigenvalue weighted by Gasteiger charge is -2.16. The summed E-state index contributed by atoms with van der Waals surface area (Å²) >= 11 is 0. The molecule has 0 fully saturated rings. The molecule has 0 bridgehead atoms. The summed E-state index contributed by atoms with van der Waals surface area (Å²) < 4.78 is 10.3. The van der Waals surface area contributed by atoms with Crippen molar-refractivity contribution in [1.82, 2.24) is 5.32 Å². The van der Waals surface area contributed by atoms with Crippen LogP contribution < -0.4 is 11.1 Å². The highest BCUT2D eigenvalue weighted by Gasteiger charge is 2.09. The summed E-state index contributed by atoms with van der Waals surface area (Å²) in [7, 11) is 0. The number of hydrogen-bond acceptors (Lipinski definition) is 5. The molecule has 6 nitrogen and oxygen atoms in total. The third kappa shape index (κ3) is 11.6. The SMILES string of the molecule is CCOCCOCC(O)CNC(C)CC(N)=O. The average molecular weight is 248 g/mol. The molecule has 0 aliphatic heterocycles. The number of amides is 1. The number of carbonyl (C=O) groups is 1. The van der Waals surface area contributed by atoms with Crippen LogP contribution in [0.4, 0.5) is 0 Å². The van der Waals surface area contributed by atoms with E-state index in [9.17, 15) is 9.90 Å². The molecule has 0 aliphatic carbocycles. The summed E-state index contributed by atoms with van der Waals surface area (Å²) in [4.78, 5) is 10.6. The highest BCUT2D eigenvalue weighted by atomic mass is 16.5. The summed E-state index contributed by atoms with van der Waals surface area (Å²) in [6, 6.07) is -0.0365. The smallest absolute Gasteiger partial charge is 0.218 e. The molecule has 0 spiro atoms. The fourth-order valence-electron chi connectivity index (χ4n) is 1.25. The van der Waals surface area contributed by atoms with Crippen LogP contribution >= 0.6 is 0 Å². The van der Waals surface area contributed by atoms with Gasteiger partial charge < -0.3 is 25.6 Å². The summed E-state index contributed by atoms with van der Waals surface area (Å²) in [6.07, 6.45) is -0.329. The molecule has 0 aromatic rings. The van der Waals surface area contributed by atoms with Crippen molar-refractivity contribution in [3.8, 4) is 0 Å². The fourth-order valence-corrected chi connectivity index (χ4v) is 1.25. The number of ether oxygens (including phenoxy) is 2. The minimum Gasteiger partial charge on any atom is -0.389 e. The predicted octanol–water partition coefficient (Wildman–Crippen LogP) is -0.746. The maximum absolute atomic E-state index is 10.6. The molecular formula is C11H24N2O4. The number of primary amides is 1. The topological polar surface area (TPSA) is 93.8 Å². The van der Waals surface area contributed by atoms with Crippen LogP contribution in [0.3, 0.4) is 0 Å². The molecule has 4 N–H and O–H groups in total. The second kappa shape index (κ2) is 10.5. The Morgan fingerprint density at radius 1 is 1.41 bits per heavy atom. The third-order valence-electron chi connectivity index (χ3n) is 2.10. The summed E-state index contributed by atoms with van der Waals surface area (Å²) in [5.74, 6) is -0.354. The Morgan fingerprint density at radius 3 is 2.65 bits per heavy atom. The van der Waals surface area contributed by atoms with Gasteiger partial charge in [-0.05, 0) is 13.8 Å². The average Bonchev–Trinajstić information content (AvgIpc) is 2.25. The fraction of sp³-hybridized carbons (Fsp3) is 0.909. The molecule has 0 rings (SSSR count). The van der Waals surface area contributed by atoms with Crippen molar-refractivity contribution in [2.75, 3.05) is 33.0 Å². The van der Waals surface area contributed by atoms with Crippen LogP contribution in [0.2, 0.25) is 0 Å². The second-order valence-corrected chi connectivity index (χ2v) is 3.91. The lowest BCUT2D eigenvalue weighted by Crippen LogP contribution is -2.38. The molecule has 0 radical (unpaired) electrons. The van der Waals surface area contributed by atoms with Gasteiger partial charge in [0, 0.05) is 25.6 Å². The quantitative estimate of drug-likeness (QED) is 0.418. The lowest BCUT2D eigenvalue weighted by atomic mass is 10.2. The Bertz CT molecular complexity index is 202. The van der Waals surface area contributed by atoms with Crippen LogP contribution in [0.25, 0.3) is 0 Å². The van der Waals surface area contributed by atoms with Crippen molar-refractivity contribution in [2.45, 2.75) is 32.4 Å². The van der Waals surface area contributed by atoms with E-state index in [1.165, 1.54) is 0 Å². The normalized spacial score (nSPS) is 14.5. The standard InChI is InChI=1S/C11H24N2O4/c1-3-16-4-5-17-8-10(14)7-13-9(2)6-11(12)15/h9-10,13-14H,3-8H2,1-2H3,(H2,12,15). The zero-order valence-corrected chi connectivity index (χ0v) is 10.6. The van der Waals surface area contributed by atoms with Crippen molar-refractivity contribution in [3.05, 3.63) is 0 Å². The first-order valence-electron chi connectivity index (χ1n) is 5.91. The molecule has 6 heteroatoms. The first-order valence-corrected chi connectivity index (χ1v) is 5.91. The molecule has 2 atom stereocenters. The van der Waals surface area contributed by atoms with E-state index >= 15 is 0 Å². The molecule has 102 valence electrons. The van der Waals surface area contributed by atoms with Gasteiger partial charge in [0.05, 0.1) is 25.9 Å². The number of nitrogens with one attached hydrogen (secondary N) is 1. The van der Waals surface area contributed by atoms with Gasteiger partial charge in [0.2, 0.25) is 5.91 Å². The monoisotopic (exact) mass is 248 g/mol. The van der Waals surface area contributed by atoms with Gasteiger partial charge in [-0.15, -0.1) is 0 Å². The molecule has 17 heavy (non-hydrogen) atoms. The number of hydrogen-bond donors (Lipinski definition) is 3. The van der Waals surface area contributed by atoms with E-state index in [0.29, 0.717) is 26.4 Å². The van der Waals surface area contributed by atoms with Gasteiger partial charge in [0.25, 0.3) is 0 Å². The Hall–Kier alpha value is -0.690. The van der Waals surface area contributed by atoms with Gasteiger partial charge in [-0.2, -0.15) is 0 Å². The van der Waals surface area contributed by atoms with Gasteiger partial charge in [0.15, 0.2) is 0 Å². The van der Waals surface area contributed by atoms with Gasteiger partial charge >= 0.3 is 0 Å². The minimum absolute atomic E-state index is 0.0365. The van der Waals surface area contributed by atoms with Crippen molar-refractivity contribution < 1.29 is 19.4 Å². The molecule has 0 heterocycles. The number of nitrogens with two attached hydrogens (primary N) is 1. The Morgan fingerprint density at radius 2 is 2.06 bits per heavy atom. The number of rotatable bonds is 11. The summed E-state index contributed by atoms with van der Waals surface area (Å²) in [6.45, 7) is 6.06. The zero-order valence-electron chi connectivity index (χ0n) is 10.6. The zero-order chi connectivity index (χ0) is 13.1. The van der Waals surface area contributed by atoms with Crippen LogP contribution in [0.5, 0.6) is 0 Å². The van der Waals surface area contributed by atoms with Gasteiger partial charge in [-0.25, -0.2) is 0 Å². The molecule has 0 aromatic heterocycles. The summed E-state index contributed by atoms with van der Waals surface area (Å²) in [5.41, 5.74) is 5.05. The molecule has 0 saturated heterocycles. The molecule has 0 aromatic carbocycles. The highest BCUT2D eigenvalue weighted by Crippen LogP contribution is 1.91. The molecule has 0 saturated carbocycles. The van der Waals surface area contributed by atoms with E-state index in [4.69, 9.17) is 15.2 Å². The second-order valence-electron chi connectivity index (χ2n) is 3.91. The number of aliphatic hydroxyl groups excluding tert-OH is 1. The van der Waals surface area contributed by atoms with E-state index in [0.717, 1.165) is 0 Å². The predicted molar refractivity (Wildman–Crippen MR) is 64.6 cm³/mol. The summed E-state index contributed by atoms with van der Waals surface area (Å²) in [5, 5.41) is 12.5. The minimum atomic E-state index is -0.591. The van der Waals surface area contributed by atoms with Gasteiger partial charge in [-0.1, -0.05) is 0 Å². The number of aliphatic hydroxyl groups is 1. The Balaban J connectivity index is 3.39. The van der Waals surface area contributed by atoms with Crippen molar-refractivity contribution in [2.24, 2.45) is 5.73 Å². The van der Waals surface area contributed by atoms with Crippen molar-refractivity contribution in [3.63, 3.8) is 0 Å². The maximum atomic E-state index is 10.6. The third-order valence-corrected chi connectivity index (χ3v) is 2.10. The van der Waals surface area contributed by atoms with E-state index in [1.54, 1.807) is 0 Å². The van der Waals surface area contributed by atoms with Crippen molar-refractivity contribution >= 4 is 5.91 Å². The van der Waals surface area contributed by atoms with Gasteiger partial charge in [0.1, 0.15) is 0 Å². The Labute approximate surface area is 102 Å². The van der Waals surface area contributed by atoms with E-state index in [2.05, 4.69) is 5.32 Å². The van der Waals surface area contributed by atoms with Crippen LogP contribution in [0.1, 0.15) is 20.3 Å². The lowest BCUT2D eigenvalue weighted by molar-refractivity contribution is -0.118.